The molecule has 0 fully saturated rings. The van der Waals surface area contributed by atoms with Crippen molar-refractivity contribution in [3.8, 4) is 0 Å². The lowest BCUT2D eigenvalue weighted by atomic mass is 10.5. The highest BCUT2D eigenvalue weighted by atomic mass is 16.5. The van der Waals surface area contributed by atoms with E-state index < -0.39 is 5.97 Å². The Bertz CT molecular complexity index is 161. The van der Waals surface area contributed by atoms with Crippen LogP contribution in [0.3, 0.4) is 0 Å². The number of aliphatic carboxylic acids is 1. The maximum atomic E-state index is 9.82. The Balaban J connectivity index is 0. The van der Waals surface area contributed by atoms with Gasteiger partial charge in [-0.15, -0.1) is 0 Å². The summed E-state index contributed by atoms with van der Waals surface area (Å²) in [5, 5.41) is 9.82. The van der Waals surface area contributed by atoms with Gasteiger partial charge in [0.2, 0.25) is 0 Å². The van der Waals surface area contributed by atoms with Gasteiger partial charge >= 0.3 is 0 Å². The van der Waals surface area contributed by atoms with Crippen LogP contribution in [-0.2, 0) is 9.53 Å². The molecule has 4 nitrogen and oxygen atoms in total. The molecule has 0 saturated heterocycles. The van der Waals surface area contributed by atoms with Crippen molar-refractivity contribution in [2.75, 3.05) is 27.7 Å². The molecule has 0 saturated carbocycles. The molecule has 1 N–H and O–H groups in total. The molecule has 0 heterocycles. The lowest BCUT2D eigenvalue weighted by Gasteiger charge is -2.01. The summed E-state index contributed by atoms with van der Waals surface area (Å²) in [7, 11) is 6.25. The van der Waals surface area contributed by atoms with Crippen molar-refractivity contribution in [3.05, 3.63) is 11.8 Å². The zero-order chi connectivity index (χ0) is 10.9. The lowest BCUT2D eigenvalue weighted by molar-refractivity contribution is -0.836. The number of carbonyl (C=O) groups excluding carboxylic acids is 1. The molecule has 0 aromatic carbocycles. The second-order valence-electron chi connectivity index (χ2n) is 3.01. The first-order valence-corrected chi connectivity index (χ1v) is 4.19. The molecular weight excluding hydrogens is 170 g/mol. The molecule has 0 aromatic heterocycles. The quantitative estimate of drug-likeness (QED) is 0.431. The number of carboxylic acid groups (broad SMARTS) is 1. The van der Waals surface area contributed by atoms with E-state index in [1.54, 1.807) is 13.8 Å². The van der Waals surface area contributed by atoms with Gasteiger partial charge < -0.3 is 19.5 Å². The van der Waals surface area contributed by atoms with Crippen LogP contribution in [0.25, 0.3) is 0 Å². The Hall–Kier alpha value is -1.03. The topological polar surface area (TPSA) is 53.8 Å². The van der Waals surface area contributed by atoms with Gasteiger partial charge in [0.15, 0.2) is 0 Å². The Morgan fingerprint density at radius 1 is 1.46 bits per heavy atom. The van der Waals surface area contributed by atoms with E-state index in [4.69, 9.17) is 4.74 Å². The Morgan fingerprint density at radius 3 is 2.08 bits per heavy atom. The minimum Gasteiger partial charge on any atom is -0.545 e. The van der Waals surface area contributed by atoms with Crippen LogP contribution in [0, 0.1) is 0 Å². The van der Waals surface area contributed by atoms with Crippen LogP contribution < -0.4 is 10.0 Å². The number of rotatable bonds is 3. The molecule has 13 heavy (non-hydrogen) atoms. The normalized spacial score (nSPS) is 10.5. The number of nitrogens with one attached hydrogen (secondary N) is 1. The van der Waals surface area contributed by atoms with Crippen molar-refractivity contribution < 1.29 is 19.5 Å². The highest BCUT2D eigenvalue weighted by molar-refractivity contribution is 5.78. The average molecular weight is 189 g/mol. The van der Waals surface area contributed by atoms with E-state index in [1.165, 1.54) is 4.90 Å². The predicted molar refractivity (Wildman–Crippen MR) is 49.1 cm³/mol. The van der Waals surface area contributed by atoms with E-state index >= 15 is 0 Å². The molecular formula is C9H19NO3. The van der Waals surface area contributed by atoms with Gasteiger partial charge in [-0.05, 0) is 19.9 Å². The van der Waals surface area contributed by atoms with Crippen LogP contribution in [0.2, 0.25) is 0 Å². The third kappa shape index (κ3) is 24.8. The number of allylic oxidation sites excluding steroid dienone is 1. The number of ether oxygens (including phenoxy) is 1. The molecule has 4 heteroatoms. The fourth-order valence-corrected chi connectivity index (χ4v) is 0.435. The first-order chi connectivity index (χ1) is 5.90. The van der Waals surface area contributed by atoms with Crippen LogP contribution in [-0.4, -0.2) is 33.7 Å². The fourth-order valence-electron chi connectivity index (χ4n) is 0.435. The molecule has 0 bridgehead atoms. The van der Waals surface area contributed by atoms with Crippen molar-refractivity contribution in [2.24, 2.45) is 0 Å². The van der Waals surface area contributed by atoms with Crippen LogP contribution >= 0.6 is 0 Å². The highest BCUT2D eigenvalue weighted by Gasteiger charge is 1.84. The molecule has 0 radical (unpaired) electrons. The number of carboxylic acids is 1. The van der Waals surface area contributed by atoms with E-state index in [-0.39, 0.29) is 0 Å². The summed E-state index contributed by atoms with van der Waals surface area (Å²) in [4.78, 5) is 11.2. The maximum Gasteiger partial charge on any atom is 0.0946 e. The third-order valence-electron chi connectivity index (χ3n) is 0.693. The standard InChI is InChI=1S/C6H10O3.C3H9N/c1-3-9-5(2)4-6(7)8;1-4(2)3/h4H,3H2,1-2H3,(H,7,8);1-3H3/b5-4-;. The second kappa shape index (κ2) is 9.06. The summed E-state index contributed by atoms with van der Waals surface area (Å²) in [6.45, 7) is 3.83. The van der Waals surface area contributed by atoms with Gasteiger partial charge in [-0.2, -0.15) is 0 Å². The molecule has 0 rings (SSSR count). The zero-order valence-electron chi connectivity index (χ0n) is 9.01. The molecule has 0 aliphatic heterocycles. The summed E-state index contributed by atoms with van der Waals surface area (Å²) in [5.41, 5.74) is 0. The number of quaternary nitrogens is 1. The van der Waals surface area contributed by atoms with Crippen LogP contribution in [0.15, 0.2) is 11.8 Å². The van der Waals surface area contributed by atoms with Crippen LogP contribution in [0.5, 0.6) is 0 Å². The monoisotopic (exact) mass is 189 g/mol. The van der Waals surface area contributed by atoms with E-state index in [0.29, 0.717) is 12.4 Å². The van der Waals surface area contributed by atoms with E-state index in [1.807, 2.05) is 0 Å². The van der Waals surface area contributed by atoms with Crippen LogP contribution in [0.4, 0.5) is 0 Å². The van der Waals surface area contributed by atoms with E-state index in [0.717, 1.165) is 6.08 Å². The predicted octanol–water partition coefficient (Wildman–Crippen LogP) is -1.56. The molecule has 0 spiro atoms. The summed E-state index contributed by atoms with van der Waals surface area (Å²) < 4.78 is 4.79. The van der Waals surface area contributed by atoms with Gasteiger partial charge in [-0.1, -0.05) is 0 Å². The molecule has 0 aromatic rings. The zero-order valence-corrected chi connectivity index (χ0v) is 9.01. The molecule has 0 unspecified atom stereocenters. The van der Waals surface area contributed by atoms with E-state index in [9.17, 15) is 9.90 Å². The van der Waals surface area contributed by atoms with Gasteiger partial charge in [0.05, 0.1) is 39.5 Å². The molecule has 0 aliphatic rings. The van der Waals surface area contributed by atoms with E-state index in [2.05, 4.69) is 21.1 Å². The number of carbonyl (C=O) groups is 1. The van der Waals surface area contributed by atoms with Crippen molar-refractivity contribution in [1.29, 1.82) is 0 Å². The van der Waals surface area contributed by atoms with Gasteiger partial charge in [0, 0.05) is 0 Å². The first kappa shape index (κ1) is 14.5. The number of hydrogen-bond acceptors (Lipinski definition) is 3. The minimum absolute atomic E-state index is 0.373. The van der Waals surface area contributed by atoms with Crippen molar-refractivity contribution in [2.45, 2.75) is 13.8 Å². The Morgan fingerprint density at radius 2 is 1.85 bits per heavy atom. The minimum atomic E-state index is -1.22. The second-order valence-corrected chi connectivity index (χ2v) is 3.01. The SMILES string of the molecule is CCO/C(C)=C\C(=O)[O-].C[NH+](C)C. The lowest BCUT2D eigenvalue weighted by Crippen LogP contribution is -3.02. The fraction of sp³-hybridized carbons (Fsp3) is 0.667. The van der Waals surface area contributed by atoms with Gasteiger partial charge in [-0.3, -0.25) is 0 Å². The molecule has 0 amide bonds. The summed E-state index contributed by atoms with van der Waals surface area (Å²) >= 11 is 0. The Kier molecular flexibility index (Phi) is 10.1. The van der Waals surface area contributed by atoms with Crippen molar-refractivity contribution in [3.63, 3.8) is 0 Å². The largest absolute Gasteiger partial charge is 0.545 e. The van der Waals surface area contributed by atoms with Crippen LogP contribution in [0.1, 0.15) is 13.8 Å². The summed E-state index contributed by atoms with van der Waals surface area (Å²) in [5.74, 6) is -0.849. The summed E-state index contributed by atoms with van der Waals surface area (Å²) in [6.07, 6.45) is 0.920. The maximum absolute atomic E-state index is 9.82. The van der Waals surface area contributed by atoms with Crippen molar-refractivity contribution >= 4 is 5.97 Å². The Labute approximate surface area is 79.8 Å². The highest BCUT2D eigenvalue weighted by Crippen LogP contribution is 1.91. The van der Waals surface area contributed by atoms with Crippen molar-refractivity contribution in [1.82, 2.24) is 0 Å². The smallest absolute Gasteiger partial charge is 0.0946 e. The van der Waals surface area contributed by atoms with Gasteiger partial charge in [0.25, 0.3) is 0 Å². The number of hydrogen-bond donors (Lipinski definition) is 1. The first-order valence-electron chi connectivity index (χ1n) is 4.19. The van der Waals surface area contributed by atoms with Gasteiger partial charge in [0.1, 0.15) is 0 Å². The molecule has 0 atom stereocenters. The summed E-state index contributed by atoms with van der Waals surface area (Å²) in [6, 6.07) is 0. The third-order valence-corrected chi connectivity index (χ3v) is 0.693. The molecule has 78 valence electrons. The van der Waals surface area contributed by atoms with Gasteiger partial charge in [-0.25, -0.2) is 0 Å². The molecule has 0 aliphatic carbocycles. The average Bonchev–Trinajstić information content (AvgIpc) is 1.83.